The van der Waals surface area contributed by atoms with E-state index in [1.807, 2.05) is 19.1 Å². The Morgan fingerprint density at radius 3 is 2.60 bits per heavy atom. The molecule has 2 N–H and O–H groups in total. The van der Waals surface area contributed by atoms with Gasteiger partial charge in [-0.05, 0) is 38.8 Å². The Bertz CT molecular complexity index is 665. The molecule has 0 radical (unpaired) electrons. The number of carbonyl (C=O) groups excluding carboxylic acids is 1. The van der Waals surface area contributed by atoms with E-state index in [1.54, 1.807) is 18.9 Å². The number of ether oxygens (including phenoxy) is 1. The highest BCUT2D eigenvalue weighted by atomic mass is 32.2. The molecule has 1 fully saturated rings. The molecule has 2 rings (SSSR count). The van der Waals surface area contributed by atoms with Crippen LogP contribution in [-0.2, 0) is 14.8 Å². The van der Waals surface area contributed by atoms with E-state index in [0.29, 0.717) is 38.3 Å². The number of hydrogen-bond donors (Lipinski definition) is 2. The average Bonchev–Trinajstić information content (AvgIpc) is 3.01. The molecule has 0 spiro atoms. The maximum atomic E-state index is 12.5. The van der Waals surface area contributed by atoms with E-state index < -0.39 is 10.0 Å². The van der Waals surface area contributed by atoms with Gasteiger partial charge in [0.25, 0.3) is 0 Å². The van der Waals surface area contributed by atoms with Crippen molar-refractivity contribution in [1.82, 2.24) is 14.9 Å². The fourth-order valence-corrected chi connectivity index (χ4v) is 3.69. The number of carbonyl (C=O) groups is 1. The van der Waals surface area contributed by atoms with Gasteiger partial charge in [0, 0.05) is 26.2 Å². The van der Waals surface area contributed by atoms with Crippen LogP contribution in [0.15, 0.2) is 16.5 Å². The van der Waals surface area contributed by atoms with Crippen LogP contribution in [0.3, 0.4) is 0 Å². The third-order valence-corrected chi connectivity index (χ3v) is 5.70. The van der Waals surface area contributed by atoms with E-state index in [2.05, 4.69) is 10.0 Å². The summed E-state index contributed by atoms with van der Waals surface area (Å²) in [4.78, 5) is 14.2. The van der Waals surface area contributed by atoms with Gasteiger partial charge in [-0.1, -0.05) is 0 Å². The zero-order chi connectivity index (χ0) is 18.4. The summed E-state index contributed by atoms with van der Waals surface area (Å²) in [7, 11) is -1.65. The first-order chi connectivity index (χ1) is 11.8. The van der Waals surface area contributed by atoms with Crippen LogP contribution in [0.5, 0.6) is 0 Å². The SMILES string of the molecule is CCS(=O)(=O)NC1CCN(C(=O)NC(COC)c2ccc(C)o2)CC1. The van der Waals surface area contributed by atoms with Gasteiger partial charge in [-0.25, -0.2) is 17.9 Å². The summed E-state index contributed by atoms with van der Waals surface area (Å²) >= 11 is 0. The topological polar surface area (TPSA) is 101 Å². The van der Waals surface area contributed by atoms with Crippen LogP contribution in [0.4, 0.5) is 4.79 Å². The second kappa shape index (κ2) is 8.68. The monoisotopic (exact) mass is 373 g/mol. The smallest absolute Gasteiger partial charge is 0.318 e. The van der Waals surface area contributed by atoms with Gasteiger partial charge in [0.2, 0.25) is 10.0 Å². The zero-order valence-electron chi connectivity index (χ0n) is 14.9. The number of rotatable bonds is 7. The van der Waals surface area contributed by atoms with Crippen molar-refractivity contribution in [2.24, 2.45) is 0 Å². The number of nitrogens with one attached hydrogen (secondary N) is 2. The second-order valence-electron chi connectivity index (χ2n) is 6.19. The van der Waals surface area contributed by atoms with Crippen molar-refractivity contribution < 1.29 is 22.4 Å². The van der Waals surface area contributed by atoms with Crippen LogP contribution >= 0.6 is 0 Å². The van der Waals surface area contributed by atoms with Gasteiger partial charge in [0.15, 0.2) is 0 Å². The number of amides is 2. The van der Waals surface area contributed by atoms with Crippen LogP contribution in [0.1, 0.15) is 37.3 Å². The van der Waals surface area contributed by atoms with E-state index in [9.17, 15) is 13.2 Å². The quantitative estimate of drug-likeness (QED) is 0.752. The number of likely N-dealkylation sites (tertiary alicyclic amines) is 1. The molecule has 8 nitrogen and oxygen atoms in total. The van der Waals surface area contributed by atoms with Gasteiger partial charge in [0.1, 0.15) is 17.6 Å². The van der Waals surface area contributed by atoms with E-state index in [-0.39, 0.29) is 23.9 Å². The maximum Gasteiger partial charge on any atom is 0.318 e. The molecule has 1 aliphatic heterocycles. The van der Waals surface area contributed by atoms with E-state index in [1.165, 1.54) is 0 Å². The molecule has 1 aliphatic rings. The lowest BCUT2D eigenvalue weighted by atomic mass is 10.1. The summed E-state index contributed by atoms with van der Waals surface area (Å²) in [5, 5.41) is 2.92. The molecule has 0 bridgehead atoms. The zero-order valence-corrected chi connectivity index (χ0v) is 15.8. The van der Waals surface area contributed by atoms with Crippen molar-refractivity contribution in [3.63, 3.8) is 0 Å². The number of sulfonamides is 1. The van der Waals surface area contributed by atoms with Crippen LogP contribution in [0.2, 0.25) is 0 Å². The molecule has 1 aromatic rings. The van der Waals surface area contributed by atoms with Crippen molar-refractivity contribution >= 4 is 16.1 Å². The highest BCUT2D eigenvalue weighted by Crippen LogP contribution is 2.18. The van der Waals surface area contributed by atoms with Crippen molar-refractivity contribution in [2.45, 2.75) is 38.8 Å². The normalized spacial score (nSPS) is 17.5. The van der Waals surface area contributed by atoms with Gasteiger partial charge in [0.05, 0.1) is 12.4 Å². The Labute approximate surface area is 148 Å². The highest BCUT2D eigenvalue weighted by Gasteiger charge is 2.27. The number of furan rings is 1. The van der Waals surface area contributed by atoms with E-state index in [0.717, 1.165) is 5.76 Å². The van der Waals surface area contributed by atoms with Crippen molar-refractivity contribution in [3.05, 3.63) is 23.7 Å². The molecular formula is C16H27N3O5S. The predicted octanol–water partition coefficient (Wildman–Crippen LogP) is 1.39. The fraction of sp³-hybridized carbons (Fsp3) is 0.688. The third-order valence-electron chi connectivity index (χ3n) is 4.24. The van der Waals surface area contributed by atoms with Crippen molar-refractivity contribution in [3.8, 4) is 0 Å². The second-order valence-corrected chi connectivity index (χ2v) is 8.23. The van der Waals surface area contributed by atoms with Gasteiger partial charge >= 0.3 is 6.03 Å². The van der Waals surface area contributed by atoms with E-state index >= 15 is 0 Å². The number of methoxy groups -OCH3 is 1. The van der Waals surface area contributed by atoms with Gasteiger partial charge in [-0.3, -0.25) is 0 Å². The molecule has 1 unspecified atom stereocenters. The first kappa shape index (κ1) is 19.7. The summed E-state index contributed by atoms with van der Waals surface area (Å²) in [6, 6.07) is 2.99. The molecule has 1 saturated heterocycles. The molecule has 1 aromatic heterocycles. The minimum Gasteiger partial charge on any atom is -0.464 e. The Morgan fingerprint density at radius 2 is 2.08 bits per heavy atom. The molecule has 142 valence electrons. The molecule has 2 heterocycles. The Kier molecular flexibility index (Phi) is 6.86. The van der Waals surface area contributed by atoms with Crippen LogP contribution < -0.4 is 10.0 Å². The minimum atomic E-state index is -3.21. The molecular weight excluding hydrogens is 346 g/mol. The number of aryl methyl sites for hydroxylation is 1. The number of hydrogen-bond acceptors (Lipinski definition) is 5. The summed E-state index contributed by atoms with van der Waals surface area (Å²) in [6.45, 7) is 4.76. The van der Waals surface area contributed by atoms with Crippen LogP contribution in [0.25, 0.3) is 0 Å². The highest BCUT2D eigenvalue weighted by molar-refractivity contribution is 7.89. The van der Waals surface area contributed by atoms with Crippen LogP contribution in [0, 0.1) is 6.92 Å². The number of nitrogens with zero attached hydrogens (tertiary/aromatic N) is 1. The Balaban J connectivity index is 1.88. The third kappa shape index (κ3) is 5.72. The lowest BCUT2D eigenvalue weighted by Gasteiger charge is -2.33. The Morgan fingerprint density at radius 1 is 1.40 bits per heavy atom. The van der Waals surface area contributed by atoms with Gasteiger partial charge < -0.3 is 19.4 Å². The van der Waals surface area contributed by atoms with E-state index in [4.69, 9.17) is 9.15 Å². The van der Waals surface area contributed by atoms with Gasteiger partial charge in [-0.15, -0.1) is 0 Å². The molecule has 0 saturated carbocycles. The molecule has 0 aliphatic carbocycles. The molecule has 0 aromatic carbocycles. The maximum absolute atomic E-state index is 12.5. The number of urea groups is 1. The number of piperidine rings is 1. The fourth-order valence-electron chi connectivity index (χ4n) is 2.78. The Hall–Kier alpha value is -1.58. The van der Waals surface area contributed by atoms with Gasteiger partial charge in [-0.2, -0.15) is 0 Å². The molecule has 25 heavy (non-hydrogen) atoms. The average molecular weight is 373 g/mol. The predicted molar refractivity (Wildman–Crippen MR) is 93.8 cm³/mol. The summed E-state index contributed by atoms with van der Waals surface area (Å²) in [5.74, 6) is 1.49. The van der Waals surface area contributed by atoms with Crippen molar-refractivity contribution in [2.75, 3.05) is 32.6 Å². The largest absolute Gasteiger partial charge is 0.464 e. The summed E-state index contributed by atoms with van der Waals surface area (Å²) in [5.41, 5.74) is 0. The molecule has 2 amide bonds. The summed E-state index contributed by atoms with van der Waals surface area (Å²) in [6.07, 6.45) is 1.20. The standard InChI is InChI=1S/C16H27N3O5S/c1-4-25(21,22)18-13-7-9-19(10-8-13)16(20)17-14(11-23-3)15-6-5-12(2)24-15/h5-6,13-14,18H,4,7-11H2,1-3H3,(H,17,20). The summed E-state index contributed by atoms with van der Waals surface area (Å²) < 4.78 is 36.7. The minimum absolute atomic E-state index is 0.0644. The first-order valence-electron chi connectivity index (χ1n) is 8.45. The lowest BCUT2D eigenvalue weighted by molar-refractivity contribution is 0.141. The first-order valence-corrected chi connectivity index (χ1v) is 10.1. The van der Waals surface area contributed by atoms with Crippen LogP contribution in [-0.4, -0.2) is 57.9 Å². The lowest BCUT2D eigenvalue weighted by Crippen LogP contribution is -2.50. The molecule has 9 heteroatoms. The molecule has 1 atom stereocenters. The van der Waals surface area contributed by atoms with Crippen molar-refractivity contribution in [1.29, 1.82) is 0 Å².